The minimum Gasteiger partial charge on any atom is -0.462 e. The van der Waals surface area contributed by atoms with Gasteiger partial charge < -0.3 is 14.5 Å². The summed E-state index contributed by atoms with van der Waals surface area (Å²) in [6, 6.07) is 0. The lowest BCUT2D eigenvalue weighted by atomic mass is 10.1. The molecule has 0 radical (unpaired) electrons. The van der Waals surface area contributed by atoms with Gasteiger partial charge in [0.05, 0.1) is 6.16 Å². The first-order chi connectivity index (χ1) is 9.85. The van der Waals surface area contributed by atoms with Crippen molar-refractivity contribution < 1.29 is 23.9 Å². The average Bonchev–Trinajstić information content (AvgIpc) is 2.34. The van der Waals surface area contributed by atoms with Crippen molar-refractivity contribution in [2.24, 2.45) is 0 Å². The summed E-state index contributed by atoms with van der Waals surface area (Å²) in [4.78, 5) is 29.0. The monoisotopic (exact) mass is 322 g/mol. The zero-order valence-corrected chi connectivity index (χ0v) is 14.3. The molecular weight excluding hydrogens is 291 g/mol. The highest BCUT2D eigenvalue weighted by Crippen LogP contribution is 2.35. The highest BCUT2D eigenvalue weighted by molar-refractivity contribution is 7.51. The lowest BCUT2D eigenvalue weighted by Crippen LogP contribution is -2.18. The van der Waals surface area contributed by atoms with E-state index in [1.807, 2.05) is 0 Å². The largest absolute Gasteiger partial charge is 0.462 e. The molecule has 0 aromatic carbocycles. The molecule has 21 heavy (non-hydrogen) atoms. The highest BCUT2D eigenvalue weighted by atomic mass is 31.2. The molecule has 0 aliphatic carbocycles. The van der Waals surface area contributed by atoms with Crippen molar-refractivity contribution in [3.8, 4) is 0 Å². The minimum absolute atomic E-state index is 0.335. The van der Waals surface area contributed by atoms with Crippen LogP contribution in [0, 0.1) is 0 Å². The van der Waals surface area contributed by atoms with Gasteiger partial charge in [0.1, 0.15) is 6.10 Å². The molecule has 126 valence electrons. The molecule has 2 N–H and O–H groups in total. The van der Waals surface area contributed by atoms with Gasteiger partial charge in [0.2, 0.25) is 0 Å². The van der Waals surface area contributed by atoms with Gasteiger partial charge in [0.15, 0.2) is 0 Å². The van der Waals surface area contributed by atoms with E-state index in [-0.39, 0.29) is 5.97 Å². The first-order valence-corrected chi connectivity index (χ1v) is 9.89. The lowest BCUT2D eigenvalue weighted by Gasteiger charge is -2.13. The Hall–Kier alpha value is -0.380. The van der Waals surface area contributed by atoms with Gasteiger partial charge in [-0.2, -0.15) is 0 Å². The number of hydrogen-bond acceptors (Lipinski definition) is 3. The van der Waals surface area contributed by atoms with E-state index in [0.29, 0.717) is 6.42 Å². The number of carbonyl (C=O) groups excluding carboxylic acids is 1. The number of unbranched alkanes of at least 4 members (excludes halogenated alkanes) is 8. The van der Waals surface area contributed by atoms with Crippen LogP contribution in [-0.2, 0) is 14.1 Å². The van der Waals surface area contributed by atoms with Crippen LogP contribution in [0.2, 0.25) is 0 Å². The predicted molar refractivity (Wildman–Crippen MR) is 84.3 cm³/mol. The predicted octanol–water partition coefficient (Wildman–Crippen LogP) is 4.02. The molecule has 0 aromatic rings. The summed E-state index contributed by atoms with van der Waals surface area (Å²) in [5.41, 5.74) is 0. The Morgan fingerprint density at radius 1 is 1.00 bits per heavy atom. The molecular formula is C15H31O5P. The lowest BCUT2D eigenvalue weighted by molar-refractivity contribution is -0.147. The molecule has 1 unspecified atom stereocenters. The molecule has 0 amide bonds. The van der Waals surface area contributed by atoms with Crippen LogP contribution < -0.4 is 0 Å². The van der Waals surface area contributed by atoms with Crippen LogP contribution in [0.25, 0.3) is 0 Å². The van der Waals surface area contributed by atoms with Crippen molar-refractivity contribution in [2.75, 3.05) is 6.16 Å². The van der Waals surface area contributed by atoms with Crippen LogP contribution in [-0.4, -0.2) is 28.0 Å². The van der Waals surface area contributed by atoms with Gasteiger partial charge in [0.25, 0.3) is 0 Å². The molecule has 0 rings (SSSR count). The van der Waals surface area contributed by atoms with Crippen LogP contribution >= 0.6 is 7.60 Å². The van der Waals surface area contributed by atoms with E-state index in [0.717, 1.165) is 19.3 Å². The van der Waals surface area contributed by atoms with E-state index < -0.39 is 19.9 Å². The number of carbonyl (C=O) groups is 1. The first-order valence-electron chi connectivity index (χ1n) is 8.09. The second kappa shape index (κ2) is 12.2. The van der Waals surface area contributed by atoms with Crippen LogP contribution in [0.4, 0.5) is 0 Å². The maximum atomic E-state index is 11.5. The fourth-order valence-electron chi connectivity index (χ4n) is 2.24. The molecule has 0 saturated carbocycles. The van der Waals surface area contributed by atoms with Crippen LogP contribution in [0.1, 0.15) is 78.1 Å². The summed E-state index contributed by atoms with van der Waals surface area (Å²) in [6.07, 6.45) is 9.83. The zero-order chi connectivity index (χ0) is 16.1. The third kappa shape index (κ3) is 15.8. The van der Waals surface area contributed by atoms with Crippen molar-refractivity contribution >= 4 is 13.6 Å². The van der Waals surface area contributed by atoms with Crippen molar-refractivity contribution in [1.82, 2.24) is 0 Å². The quantitative estimate of drug-likeness (QED) is 0.304. The third-order valence-electron chi connectivity index (χ3n) is 3.31. The first kappa shape index (κ1) is 20.6. The fourth-order valence-corrected chi connectivity index (χ4v) is 2.98. The molecule has 0 spiro atoms. The number of rotatable bonds is 13. The minimum atomic E-state index is -4.11. The smallest absolute Gasteiger partial charge is 0.329 e. The summed E-state index contributed by atoms with van der Waals surface area (Å²) < 4.78 is 15.7. The molecule has 0 aliphatic rings. The van der Waals surface area contributed by atoms with Crippen molar-refractivity contribution in [3.63, 3.8) is 0 Å². The Morgan fingerprint density at radius 3 is 1.95 bits per heavy atom. The Bertz CT molecular complexity index is 313. The second-order valence-electron chi connectivity index (χ2n) is 5.73. The fraction of sp³-hybridized carbons (Fsp3) is 0.933. The summed E-state index contributed by atoms with van der Waals surface area (Å²) >= 11 is 0. The van der Waals surface area contributed by atoms with Crippen LogP contribution in [0.5, 0.6) is 0 Å². The summed E-state index contributed by atoms with van der Waals surface area (Å²) in [6.45, 7) is 3.72. The van der Waals surface area contributed by atoms with E-state index in [4.69, 9.17) is 14.5 Å². The third-order valence-corrected chi connectivity index (χ3v) is 4.30. The Balaban J connectivity index is 3.44. The summed E-state index contributed by atoms with van der Waals surface area (Å²) in [5, 5.41) is 0. The van der Waals surface area contributed by atoms with Gasteiger partial charge in [-0.05, 0) is 13.3 Å². The zero-order valence-electron chi connectivity index (χ0n) is 13.4. The average molecular weight is 322 g/mol. The molecule has 5 nitrogen and oxygen atoms in total. The number of esters is 1. The second-order valence-corrected chi connectivity index (χ2v) is 7.42. The molecule has 0 aliphatic heterocycles. The van der Waals surface area contributed by atoms with Crippen molar-refractivity contribution in [2.45, 2.75) is 84.2 Å². The highest BCUT2D eigenvalue weighted by Gasteiger charge is 2.20. The topological polar surface area (TPSA) is 83.8 Å². The summed E-state index contributed by atoms with van der Waals surface area (Å²) in [5.74, 6) is -0.362. The van der Waals surface area contributed by atoms with Gasteiger partial charge in [-0.3, -0.25) is 9.36 Å². The number of ether oxygens (including phenoxy) is 1. The molecule has 6 heteroatoms. The van der Waals surface area contributed by atoms with Gasteiger partial charge in [-0.1, -0.05) is 58.3 Å². The van der Waals surface area contributed by atoms with Crippen molar-refractivity contribution in [3.05, 3.63) is 0 Å². The molecule has 0 bridgehead atoms. The van der Waals surface area contributed by atoms with E-state index in [2.05, 4.69) is 6.92 Å². The maximum Gasteiger partial charge on any atom is 0.329 e. The normalized spacial score (nSPS) is 13.1. The van der Waals surface area contributed by atoms with Gasteiger partial charge in [-0.15, -0.1) is 0 Å². The van der Waals surface area contributed by atoms with Crippen LogP contribution in [0.3, 0.4) is 0 Å². The van der Waals surface area contributed by atoms with Gasteiger partial charge in [-0.25, -0.2) is 0 Å². The molecule has 0 aromatic heterocycles. The number of hydrogen-bond donors (Lipinski definition) is 2. The standard InChI is InChI=1S/C15H31O5P/c1-3-4-5-6-7-8-9-10-11-12-15(16)20-14(2)13-21(17,18)19/h14H,3-13H2,1-2H3,(H2,17,18,19). The van der Waals surface area contributed by atoms with E-state index in [1.54, 1.807) is 0 Å². The molecule has 0 heterocycles. The van der Waals surface area contributed by atoms with E-state index >= 15 is 0 Å². The Kier molecular flexibility index (Phi) is 12.0. The molecule has 0 saturated heterocycles. The summed E-state index contributed by atoms with van der Waals surface area (Å²) in [7, 11) is -4.11. The van der Waals surface area contributed by atoms with Gasteiger partial charge in [0, 0.05) is 6.42 Å². The molecule has 1 atom stereocenters. The Morgan fingerprint density at radius 2 is 1.48 bits per heavy atom. The van der Waals surface area contributed by atoms with E-state index in [1.165, 1.54) is 45.4 Å². The maximum absolute atomic E-state index is 11.5. The van der Waals surface area contributed by atoms with Crippen LogP contribution in [0.15, 0.2) is 0 Å². The molecule has 0 fully saturated rings. The van der Waals surface area contributed by atoms with Crippen molar-refractivity contribution in [1.29, 1.82) is 0 Å². The SMILES string of the molecule is CCCCCCCCCCCC(=O)OC(C)CP(=O)(O)O. The Labute approximate surface area is 128 Å². The van der Waals surface area contributed by atoms with E-state index in [9.17, 15) is 9.36 Å². The van der Waals surface area contributed by atoms with Gasteiger partial charge >= 0.3 is 13.6 Å².